The maximum Gasteiger partial charge on any atom is 0.225 e. The quantitative estimate of drug-likeness (QED) is 0.700. The van der Waals surface area contributed by atoms with Gasteiger partial charge in [0.2, 0.25) is 5.91 Å². The predicted molar refractivity (Wildman–Crippen MR) is 56.6 cm³/mol. The second-order valence-electron chi connectivity index (χ2n) is 4.03. The van der Waals surface area contributed by atoms with Gasteiger partial charge in [-0.05, 0) is 25.3 Å². The van der Waals surface area contributed by atoms with E-state index in [1.165, 1.54) is 0 Å². The van der Waals surface area contributed by atoms with E-state index in [0.29, 0.717) is 0 Å². The van der Waals surface area contributed by atoms with Gasteiger partial charge in [-0.15, -0.1) is 0 Å². The van der Waals surface area contributed by atoms with Crippen molar-refractivity contribution in [1.29, 1.82) is 0 Å². The molecule has 0 aromatic heterocycles. The Morgan fingerprint density at radius 2 is 2.40 bits per heavy atom. The molecule has 82 valence electrons. The second-order valence-corrected chi connectivity index (χ2v) is 4.03. The Kier molecular flexibility index (Phi) is 2.88. The van der Waals surface area contributed by atoms with Crippen LogP contribution in [0.15, 0.2) is 23.8 Å². The molecule has 1 aliphatic heterocycles. The lowest BCUT2D eigenvalue weighted by Gasteiger charge is -2.19. The van der Waals surface area contributed by atoms with E-state index in [2.05, 4.69) is 17.6 Å². The standard InChI is InChI=1S/C11H16N2O2/c1-7-9(11(12)14)10(13-15-7)8-5-3-2-4-6-8/h3,5-7,9-10,13H,2,4H2,1H3,(H2,12,14). The number of nitrogens with one attached hydrogen (secondary N) is 1. The Labute approximate surface area is 89.1 Å². The normalized spacial score (nSPS) is 35.3. The van der Waals surface area contributed by atoms with Crippen LogP contribution in [0.4, 0.5) is 0 Å². The molecule has 2 aliphatic rings. The van der Waals surface area contributed by atoms with Gasteiger partial charge in [-0.3, -0.25) is 9.63 Å². The molecule has 2 rings (SSSR count). The van der Waals surface area contributed by atoms with E-state index in [0.717, 1.165) is 18.4 Å². The minimum Gasteiger partial charge on any atom is -0.369 e. The van der Waals surface area contributed by atoms with Gasteiger partial charge in [0, 0.05) is 0 Å². The molecule has 4 nitrogen and oxygen atoms in total. The van der Waals surface area contributed by atoms with E-state index in [4.69, 9.17) is 10.6 Å². The van der Waals surface area contributed by atoms with E-state index in [1.807, 2.05) is 13.0 Å². The Bertz CT molecular complexity index is 323. The Morgan fingerprint density at radius 1 is 1.60 bits per heavy atom. The van der Waals surface area contributed by atoms with Crippen LogP contribution in [-0.4, -0.2) is 18.1 Å². The number of rotatable bonds is 2. The Morgan fingerprint density at radius 3 is 3.00 bits per heavy atom. The van der Waals surface area contributed by atoms with Crippen LogP contribution in [-0.2, 0) is 9.63 Å². The van der Waals surface area contributed by atoms with Crippen molar-refractivity contribution < 1.29 is 9.63 Å². The highest BCUT2D eigenvalue weighted by atomic mass is 16.7. The molecule has 0 aromatic carbocycles. The third-order valence-corrected chi connectivity index (χ3v) is 2.96. The fraction of sp³-hybridized carbons (Fsp3) is 0.545. The molecule has 0 spiro atoms. The average molecular weight is 208 g/mol. The summed E-state index contributed by atoms with van der Waals surface area (Å²) in [6.45, 7) is 1.86. The van der Waals surface area contributed by atoms with Gasteiger partial charge in [-0.2, -0.15) is 5.48 Å². The van der Waals surface area contributed by atoms with E-state index in [-0.39, 0.29) is 24.0 Å². The molecular formula is C11H16N2O2. The fourth-order valence-corrected chi connectivity index (χ4v) is 2.13. The molecule has 3 unspecified atom stereocenters. The molecule has 4 heteroatoms. The van der Waals surface area contributed by atoms with Crippen molar-refractivity contribution in [3.05, 3.63) is 23.8 Å². The predicted octanol–water partition coefficient (Wildman–Crippen LogP) is 0.656. The smallest absolute Gasteiger partial charge is 0.225 e. The van der Waals surface area contributed by atoms with Crippen LogP contribution < -0.4 is 11.2 Å². The third kappa shape index (κ3) is 1.96. The summed E-state index contributed by atoms with van der Waals surface area (Å²) >= 11 is 0. The number of hydrogen-bond donors (Lipinski definition) is 2. The van der Waals surface area contributed by atoms with Crippen molar-refractivity contribution >= 4 is 5.91 Å². The summed E-state index contributed by atoms with van der Waals surface area (Å²) in [5.41, 5.74) is 9.37. The van der Waals surface area contributed by atoms with Crippen LogP contribution in [0.3, 0.4) is 0 Å². The summed E-state index contributed by atoms with van der Waals surface area (Å²) in [5, 5.41) is 0. The van der Waals surface area contributed by atoms with Crippen LogP contribution in [0.2, 0.25) is 0 Å². The molecule has 0 aromatic rings. The number of hydrogen-bond acceptors (Lipinski definition) is 3. The molecule has 1 heterocycles. The van der Waals surface area contributed by atoms with E-state index in [1.54, 1.807) is 0 Å². The van der Waals surface area contributed by atoms with Gasteiger partial charge in [0.1, 0.15) is 0 Å². The zero-order valence-corrected chi connectivity index (χ0v) is 8.77. The number of allylic oxidation sites excluding steroid dienone is 2. The van der Waals surface area contributed by atoms with Gasteiger partial charge in [-0.1, -0.05) is 18.2 Å². The van der Waals surface area contributed by atoms with Crippen LogP contribution >= 0.6 is 0 Å². The van der Waals surface area contributed by atoms with Crippen molar-refractivity contribution in [2.75, 3.05) is 0 Å². The van der Waals surface area contributed by atoms with Gasteiger partial charge in [0.25, 0.3) is 0 Å². The highest BCUT2D eigenvalue weighted by Crippen LogP contribution is 2.27. The molecule has 3 N–H and O–H groups in total. The lowest BCUT2D eigenvalue weighted by molar-refractivity contribution is -0.123. The topological polar surface area (TPSA) is 64.3 Å². The van der Waals surface area contributed by atoms with Gasteiger partial charge < -0.3 is 5.73 Å². The van der Waals surface area contributed by atoms with Gasteiger partial charge in [-0.25, -0.2) is 0 Å². The number of carbonyl (C=O) groups excluding carboxylic acids is 1. The molecule has 3 atom stereocenters. The average Bonchev–Trinajstić information content (AvgIpc) is 2.61. The molecule has 1 saturated heterocycles. The van der Waals surface area contributed by atoms with Crippen molar-refractivity contribution in [1.82, 2.24) is 5.48 Å². The molecule has 1 fully saturated rings. The molecule has 1 amide bonds. The SMILES string of the molecule is CC1ONC(C2=CCCC=C2)C1C(N)=O. The molecule has 0 saturated carbocycles. The van der Waals surface area contributed by atoms with Gasteiger partial charge >= 0.3 is 0 Å². The lowest BCUT2D eigenvalue weighted by atomic mass is 9.88. The van der Waals surface area contributed by atoms with E-state index < -0.39 is 0 Å². The Balaban J connectivity index is 2.18. The van der Waals surface area contributed by atoms with Crippen molar-refractivity contribution in [3.63, 3.8) is 0 Å². The summed E-state index contributed by atoms with van der Waals surface area (Å²) in [7, 11) is 0. The number of primary amides is 1. The maximum absolute atomic E-state index is 11.3. The Hall–Kier alpha value is -1.13. The third-order valence-electron chi connectivity index (χ3n) is 2.96. The largest absolute Gasteiger partial charge is 0.369 e. The monoisotopic (exact) mass is 208 g/mol. The summed E-state index contributed by atoms with van der Waals surface area (Å²) < 4.78 is 0. The zero-order valence-electron chi connectivity index (χ0n) is 8.77. The van der Waals surface area contributed by atoms with Gasteiger partial charge in [0.05, 0.1) is 18.1 Å². The van der Waals surface area contributed by atoms with E-state index in [9.17, 15) is 4.79 Å². The summed E-state index contributed by atoms with van der Waals surface area (Å²) in [5.74, 6) is -0.587. The molecule has 0 bridgehead atoms. The van der Waals surface area contributed by atoms with Crippen molar-refractivity contribution in [3.8, 4) is 0 Å². The first-order valence-corrected chi connectivity index (χ1v) is 5.27. The van der Waals surface area contributed by atoms with E-state index >= 15 is 0 Å². The van der Waals surface area contributed by atoms with Crippen LogP contribution in [0.25, 0.3) is 0 Å². The number of hydroxylamine groups is 1. The number of nitrogens with two attached hydrogens (primary N) is 1. The van der Waals surface area contributed by atoms with Crippen molar-refractivity contribution in [2.45, 2.75) is 31.9 Å². The fourth-order valence-electron chi connectivity index (χ4n) is 2.13. The van der Waals surface area contributed by atoms with Crippen LogP contribution in [0.5, 0.6) is 0 Å². The summed E-state index contributed by atoms with van der Waals surface area (Å²) in [6.07, 6.45) is 8.20. The molecule has 0 radical (unpaired) electrons. The second kappa shape index (κ2) is 4.16. The summed E-state index contributed by atoms with van der Waals surface area (Å²) in [6, 6.07) is -0.0888. The number of carbonyl (C=O) groups is 1. The zero-order chi connectivity index (χ0) is 10.8. The molecular weight excluding hydrogens is 192 g/mol. The van der Waals surface area contributed by atoms with Crippen molar-refractivity contribution in [2.24, 2.45) is 11.7 Å². The first kappa shape index (κ1) is 10.4. The molecule has 1 aliphatic carbocycles. The first-order valence-electron chi connectivity index (χ1n) is 5.27. The van der Waals surface area contributed by atoms with Crippen LogP contribution in [0, 0.1) is 5.92 Å². The highest BCUT2D eigenvalue weighted by Gasteiger charge is 2.40. The number of amides is 1. The maximum atomic E-state index is 11.3. The first-order chi connectivity index (χ1) is 7.20. The molecule has 15 heavy (non-hydrogen) atoms. The lowest BCUT2D eigenvalue weighted by Crippen LogP contribution is -2.39. The minimum atomic E-state index is -0.308. The summed E-state index contributed by atoms with van der Waals surface area (Å²) in [4.78, 5) is 16.6. The van der Waals surface area contributed by atoms with Crippen LogP contribution in [0.1, 0.15) is 19.8 Å². The van der Waals surface area contributed by atoms with Gasteiger partial charge in [0.15, 0.2) is 0 Å². The highest BCUT2D eigenvalue weighted by molar-refractivity contribution is 5.79. The minimum absolute atomic E-state index is 0.0888.